The van der Waals surface area contributed by atoms with Gasteiger partial charge in [0.1, 0.15) is 11.5 Å². The summed E-state index contributed by atoms with van der Waals surface area (Å²) < 4.78 is 46.9. The molecule has 7 nitrogen and oxygen atoms in total. The average Bonchev–Trinajstić information content (AvgIpc) is 3.43. The third-order valence-corrected chi connectivity index (χ3v) is 5.33. The molecule has 0 aromatic carbocycles. The van der Waals surface area contributed by atoms with E-state index in [9.17, 15) is 18.0 Å². The van der Waals surface area contributed by atoms with Gasteiger partial charge in [-0.1, -0.05) is 25.9 Å². The fourth-order valence-corrected chi connectivity index (χ4v) is 3.72. The fourth-order valence-electron chi connectivity index (χ4n) is 3.72. The van der Waals surface area contributed by atoms with Gasteiger partial charge in [0.05, 0.1) is 11.7 Å². The van der Waals surface area contributed by atoms with Crippen molar-refractivity contribution in [2.75, 3.05) is 6.54 Å². The largest absolute Gasteiger partial charge is 0.433 e. The van der Waals surface area contributed by atoms with Gasteiger partial charge < -0.3 is 9.42 Å². The van der Waals surface area contributed by atoms with E-state index < -0.39 is 17.9 Å². The van der Waals surface area contributed by atoms with Gasteiger partial charge in [0.2, 0.25) is 0 Å². The minimum Gasteiger partial charge on any atom is -0.361 e. The van der Waals surface area contributed by atoms with E-state index in [1.165, 1.54) is 6.07 Å². The Morgan fingerprint density at radius 3 is 2.70 bits per heavy atom. The molecule has 0 N–H and O–H groups in total. The Morgan fingerprint density at radius 1 is 1.30 bits per heavy atom. The second-order valence-electron chi connectivity index (χ2n) is 7.75. The first-order chi connectivity index (χ1) is 14.2. The molecule has 3 aromatic rings. The van der Waals surface area contributed by atoms with Crippen LogP contribution in [0.2, 0.25) is 0 Å². The van der Waals surface area contributed by atoms with Crippen LogP contribution in [0.3, 0.4) is 0 Å². The molecule has 30 heavy (non-hydrogen) atoms. The van der Waals surface area contributed by atoms with Crippen LogP contribution >= 0.6 is 0 Å². The lowest BCUT2D eigenvalue weighted by atomic mass is 10.1. The molecule has 1 atom stereocenters. The topological polar surface area (TPSA) is 76.5 Å². The summed E-state index contributed by atoms with van der Waals surface area (Å²) in [5, 5.41) is 8.03. The van der Waals surface area contributed by atoms with Crippen LogP contribution in [0.15, 0.2) is 22.7 Å². The highest BCUT2D eigenvalue weighted by molar-refractivity contribution is 5.92. The van der Waals surface area contributed by atoms with Gasteiger partial charge in [0.15, 0.2) is 11.3 Å². The fraction of sp³-hybridized carbons (Fsp3) is 0.500. The highest BCUT2D eigenvalue weighted by atomic mass is 19.4. The van der Waals surface area contributed by atoms with E-state index in [1.807, 2.05) is 6.92 Å². The Morgan fingerprint density at radius 2 is 2.07 bits per heavy atom. The Bertz CT molecular complexity index is 1090. The molecule has 0 unspecified atom stereocenters. The normalized spacial score (nSPS) is 17.4. The molecule has 0 bridgehead atoms. The maximum Gasteiger partial charge on any atom is 0.433 e. The summed E-state index contributed by atoms with van der Waals surface area (Å²) in [6.07, 6.45) is -2.64. The standard InChI is InChI=1S/C20H22F3N5O2/c1-4-12-8-15(26-30-12)19(29)27-7-5-6-16(27)14-10-18-24-13(11(2)3)9-17(20(21,22)23)28(18)25-14/h8-11,16H,4-7H2,1-3H3/t16-/m1/s1. The van der Waals surface area contributed by atoms with E-state index >= 15 is 0 Å². The molecule has 0 spiro atoms. The molecule has 4 heterocycles. The first-order valence-electron chi connectivity index (χ1n) is 9.93. The SMILES string of the molecule is CCc1cc(C(=O)N2CCC[C@@H]2c2cc3nc(C(C)C)cc(C(F)(F)F)n3n2)no1. The van der Waals surface area contributed by atoms with E-state index in [0.29, 0.717) is 36.5 Å². The van der Waals surface area contributed by atoms with Crippen LogP contribution in [0, 0.1) is 0 Å². The van der Waals surface area contributed by atoms with Gasteiger partial charge in [-0.05, 0) is 24.8 Å². The summed E-state index contributed by atoms with van der Waals surface area (Å²) in [4.78, 5) is 18.9. The van der Waals surface area contributed by atoms with Crippen LogP contribution in [0.5, 0.6) is 0 Å². The van der Waals surface area contributed by atoms with Crippen molar-refractivity contribution in [1.29, 1.82) is 0 Å². The molecule has 1 aliphatic heterocycles. The van der Waals surface area contributed by atoms with E-state index in [1.54, 1.807) is 24.8 Å². The predicted molar refractivity (Wildman–Crippen MR) is 101 cm³/mol. The number of carbonyl (C=O) groups excluding carboxylic acids is 1. The maximum atomic E-state index is 13.6. The van der Waals surface area contributed by atoms with Crippen LogP contribution in [-0.2, 0) is 12.6 Å². The number of alkyl halides is 3. The minimum absolute atomic E-state index is 0.123. The van der Waals surface area contributed by atoms with Gasteiger partial charge in [0, 0.05) is 30.8 Å². The number of hydrogen-bond donors (Lipinski definition) is 0. The molecule has 0 radical (unpaired) electrons. The molecular formula is C20H22F3N5O2. The zero-order valence-corrected chi connectivity index (χ0v) is 16.9. The molecule has 0 saturated carbocycles. The lowest BCUT2D eigenvalue weighted by Crippen LogP contribution is -2.31. The van der Waals surface area contributed by atoms with Gasteiger partial charge >= 0.3 is 6.18 Å². The molecule has 160 valence electrons. The van der Waals surface area contributed by atoms with Crippen molar-refractivity contribution in [3.8, 4) is 0 Å². The number of likely N-dealkylation sites (tertiary alicyclic amines) is 1. The number of aryl methyl sites for hydroxylation is 1. The third kappa shape index (κ3) is 3.54. The number of halogens is 3. The van der Waals surface area contributed by atoms with Gasteiger partial charge in [-0.2, -0.15) is 18.3 Å². The Balaban J connectivity index is 1.74. The molecule has 10 heteroatoms. The van der Waals surface area contributed by atoms with Crippen molar-refractivity contribution in [2.24, 2.45) is 0 Å². The lowest BCUT2D eigenvalue weighted by molar-refractivity contribution is -0.142. The first-order valence-corrected chi connectivity index (χ1v) is 9.93. The molecule has 1 amide bonds. The highest BCUT2D eigenvalue weighted by Crippen LogP contribution is 2.35. The van der Waals surface area contributed by atoms with Crippen molar-refractivity contribution in [3.05, 3.63) is 46.7 Å². The highest BCUT2D eigenvalue weighted by Gasteiger charge is 2.38. The molecular weight excluding hydrogens is 399 g/mol. The number of aromatic nitrogens is 4. The van der Waals surface area contributed by atoms with E-state index in [-0.39, 0.29) is 23.2 Å². The number of amides is 1. The van der Waals surface area contributed by atoms with Crippen molar-refractivity contribution in [2.45, 2.75) is 58.2 Å². The lowest BCUT2D eigenvalue weighted by Gasteiger charge is -2.22. The average molecular weight is 421 g/mol. The first kappa shape index (κ1) is 20.4. The number of fused-ring (bicyclic) bond motifs is 1. The van der Waals surface area contributed by atoms with Crippen LogP contribution < -0.4 is 0 Å². The summed E-state index contributed by atoms with van der Waals surface area (Å²) in [6.45, 7) is 5.94. The predicted octanol–water partition coefficient (Wildman–Crippen LogP) is 4.40. The van der Waals surface area contributed by atoms with Crippen LogP contribution in [0.25, 0.3) is 5.65 Å². The molecule has 3 aromatic heterocycles. The summed E-state index contributed by atoms with van der Waals surface area (Å²) >= 11 is 0. The smallest absolute Gasteiger partial charge is 0.361 e. The minimum atomic E-state index is -4.57. The zero-order valence-electron chi connectivity index (χ0n) is 16.9. The second-order valence-corrected chi connectivity index (χ2v) is 7.75. The molecule has 1 saturated heterocycles. The molecule has 1 aliphatic rings. The van der Waals surface area contributed by atoms with Crippen LogP contribution in [0.1, 0.15) is 78.9 Å². The Kier molecular flexibility index (Phi) is 5.03. The second kappa shape index (κ2) is 7.41. The molecule has 1 fully saturated rings. The number of carbonyl (C=O) groups is 1. The quantitative estimate of drug-likeness (QED) is 0.624. The maximum absolute atomic E-state index is 13.6. The van der Waals surface area contributed by atoms with Crippen molar-refractivity contribution < 1.29 is 22.5 Å². The van der Waals surface area contributed by atoms with Crippen LogP contribution in [0.4, 0.5) is 13.2 Å². The van der Waals surface area contributed by atoms with Crippen molar-refractivity contribution in [1.82, 2.24) is 24.7 Å². The van der Waals surface area contributed by atoms with Gasteiger partial charge in [0.25, 0.3) is 5.91 Å². The molecule has 4 rings (SSSR count). The Labute approximate surface area is 170 Å². The Hall–Kier alpha value is -2.91. The molecule has 0 aliphatic carbocycles. The van der Waals surface area contributed by atoms with E-state index in [0.717, 1.165) is 17.0 Å². The van der Waals surface area contributed by atoms with Gasteiger partial charge in [-0.15, -0.1) is 0 Å². The number of rotatable bonds is 4. The van der Waals surface area contributed by atoms with Gasteiger partial charge in [-0.3, -0.25) is 4.79 Å². The monoisotopic (exact) mass is 421 g/mol. The summed E-state index contributed by atoms with van der Waals surface area (Å²) in [6, 6.07) is 3.73. The van der Waals surface area contributed by atoms with Crippen LogP contribution in [-0.4, -0.2) is 37.1 Å². The summed E-state index contributed by atoms with van der Waals surface area (Å²) in [5.74, 6) is 0.117. The summed E-state index contributed by atoms with van der Waals surface area (Å²) in [5.41, 5.74) is 0.174. The number of nitrogens with zero attached hydrogens (tertiary/aromatic N) is 5. The van der Waals surface area contributed by atoms with E-state index in [2.05, 4.69) is 15.2 Å². The van der Waals surface area contributed by atoms with Gasteiger partial charge in [-0.25, -0.2) is 9.50 Å². The zero-order chi connectivity index (χ0) is 21.6. The summed E-state index contributed by atoms with van der Waals surface area (Å²) in [7, 11) is 0. The van der Waals surface area contributed by atoms with Crippen molar-refractivity contribution >= 4 is 11.6 Å². The van der Waals surface area contributed by atoms with E-state index in [4.69, 9.17) is 4.52 Å². The number of hydrogen-bond acceptors (Lipinski definition) is 5. The third-order valence-electron chi connectivity index (χ3n) is 5.33. The van der Waals surface area contributed by atoms with Crippen molar-refractivity contribution in [3.63, 3.8) is 0 Å².